The van der Waals surface area contributed by atoms with Crippen LogP contribution in [0.15, 0.2) is 36.4 Å². The Kier molecular flexibility index (Phi) is 5.67. The molecule has 5 rings (SSSR count). The molecule has 1 spiro atoms. The molecule has 1 amide bonds. The van der Waals surface area contributed by atoms with Gasteiger partial charge in [0.25, 0.3) is 0 Å². The van der Waals surface area contributed by atoms with Crippen molar-refractivity contribution in [1.82, 2.24) is 10.2 Å². The van der Waals surface area contributed by atoms with Gasteiger partial charge in [0, 0.05) is 43.6 Å². The number of fused-ring (bicyclic) bond motifs is 1. The third kappa shape index (κ3) is 3.90. The lowest BCUT2D eigenvalue weighted by molar-refractivity contribution is -0.122. The number of benzene rings is 2. The van der Waals surface area contributed by atoms with E-state index < -0.39 is 5.54 Å². The van der Waals surface area contributed by atoms with E-state index in [1.54, 1.807) is 13.2 Å². The van der Waals surface area contributed by atoms with Crippen LogP contribution in [0, 0.1) is 5.82 Å². The number of rotatable bonds is 4. The van der Waals surface area contributed by atoms with Gasteiger partial charge in [0.15, 0.2) is 11.5 Å². The molecule has 0 aliphatic carbocycles. The number of hydrogen-bond donors (Lipinski definition) is 1. The summed E-state index contributed by atoms with van der Waals surface area (Å²) in [5, 5.41) is 3.30. The zero-order valence-corrected chi connectivity index (χ0v) is 18.4. The first-order chi connectivity index (χ1) is 15.6. The number of nitrogens with one attached hydrogen (secondary N) is 1. The Morgan fingerprint density at radius 3 is 2.75 bits per heavy atom. The fourth-order valence-electron chi connectivity index (χ4n) is 5.46. The van der Waals surface area contributed by atoms with Crippen LogP contribution < -0.4 is 19.5 Å². The normalized spacial score (nSPS) is 25.4. The molecule has 32 heavy (non-hydrogen) atoms. The van der Waals surface area contributed by atoms with Gasteiger partial charge >= 0.3 is 0 Å². The number of ether oxygens (including phenoxy) is 3. The molecule has 170 valence electrons. The standard InChI is InChI=1S/C25H29FN2O4/c1-30-21-13-23-22(31-10-11-32-23)12-17(21)14-28-15-19(18-6-2-3-7-20(18)26)25(16-28)9-5-4-8-24(29)27-25/h2-3,6-7,12-13,19H,4-5,8-11,14-16H2,1H3,(H,27,29)/t19-,25+/m0/s1. The van der Waals surface area contributed by atoms with Crippen LogP contribution in [0.3, 0.4) is 0 Å². The molecule has 2 aromatic carbocycles. The molecule has 0 aromatic heterocycles. The quantitative estimate of drug-likeness (QED) is 0.787. The van der Waals surface area contributed by atoms with E-state index in [-0.39, 0.29) is 17.6 Å². The first kappa shape index (κ1) is 21.1. The average Bonchev–Trinajstić information content (AvgIpc) is 3.01. The number of methoxy groups -OCH3 is 1. The van der Waals surface area contributed by atoms with Crippen molar-refractivity contribution in [3.05, 3.63) is 53.3 Å². The minimum absolute atomic E-state index is 0.0580. The molecule has 0 bridgehead atoms. The zero-order valence-electron chi connectivity index (χ0n) is 18.4. The molecule has 0 radical (unpaired) electrons. The molecule has 3 aliphatic rings. The molecule has 1 N–H and O–H groups in total. The Morgan fingerprint density at radius 1 is 1.19 bits per heavy atom. The molecule has 2 saturated heterocycles. The minimum atomic E-state index is -0.475. The van der Waals surface area contributed by atoms with E-state index in [4.69, 9.17) is 14.2 Å². The van der Waals surface area contributed by atoms with Crippen LogP contribution in [0.1, 0.15) is 42.7 Å². The van der Waals surface area contributed by atoms with E-state index in [1.165, 1.54) is 6.07 Å². The molecule has 3 aliphatic heterocycles. The second-order valence-corrected chi connectivity index (χ2v) is 8.96. The molecule has 0 unspecified atom stereocenters. The first-order valence-corrected chi connectivity index (χ1v) is 11.3. The van der Waals surface area contributed by atoms with Crippen molar-refractivity contribution in [1.29, 1.82) is 0 Å². The van der Waals surface area contributed by atoms with E-state index in [9.17, 15) is 9.18 Å². The molecule has 0 saturated carbocycles. The summed E-state index contributed by atoms with van der Waals surface area (Å²) in [5.74, 6) is 1.87. The summed E-state index contributed by atoms with van der Waals surface area (Å²) in [5.41, 5.74) is 1.18. The fraction of sp³-hybridized carbons (Fsp3) is 0.480. The highest BCUT2D eigenvalue weighted by atomic mass is 19.1. The lowest BCUT2D eigenvalue weighted by atomic mass is 9.78. The van der Waals surface area contributed by atoms with Gasteiger partial charge in [0.05, 0.1) is 12.6 Å². The second-order valence-electron chi connectivity index (χ2n) is 8.96. The minimum Gasteiger partial charge on any atom is -0.496 e. The van der Waals surface area contributed by atoms with Crippen molar-refractivity contribution in [3.8, 4) is 17.2 Å². The van der Waals surface area contributed by atoms with Crippen molar-refractivity contribution in [2.24, 2.45) is 0 Å². The Hall–Kier alpha value is -2.80. The number of amides is 1. The third-order valence-electron chi connectivity index (χ3n) is 6.90. The lowest BCUT2D eigenvalue weighted by Gasteiger charge is -2.35. The highest BCUT2D eigenvalue weighted by molar-refractivity contribution is 5.77. The van der Waals surface area contributed by atoms with Gasteiger partial charge in [0.2, 0.25) is 5.91 Å². The van der Waals surface area contributed by atoms with Crippen LogP contribution in [0.5, 0.6) is 17.2 Å². The lowest BCUT2D eigenvalue weighted by Crippen LogP contribution is -2.52. The maximum atomic E-state index is 14.9. The highest BCUT2D eigenvalue weighted by Gasteiger charge is 2.49. The number of likely N-dealkylation sites (tertiary alicyclic amines) is 1. The van der Waals surface area contributed by atoms with Crippen LogP contribution in [-0.2, 0) is 11.3 Å². The molecule has 2 atom stereocenters. The largest absolute Gasteiger partial charge is 0.496 e. The monoisotopic (exact) mass is 440 g/mol. The van der Waals surface area contributed by atoms with Crippen molar-refractivity contribution in [2.45, 2.75) is 43.7 Å². The number of halogens is 1. The van der Waals surface area contributed by atoms with Crippen molar-refractivity contribution < 1.29 is 23.4 Å². The molecule has 6 nitrogen and oxygen atoms in total. The topological polar surface area (TPSA) is 60.0 Å². The fourth-order valence-corrected chi connectivity index (χ4v) is 5.46. The summed E-state index contributed by atoms with van der Waals surface area (Å²) < 4.78 is 31.9. The summed E-state index contributed by atoms with van der Waals surface area (Å²) >= 11 is 0. The van der Waals surface area contributed by atoms with Gasteiger partial charge in [-0.15, -0.1) is 0 Å². The van der Waals surface area contributed by atoms with Crippen molar-refractivity contribution in [3.63, 3.8) is 0 Å². The predicted octanol–water partition coefficient (Wildman–Crippen LogP) is 3.63. The Labute approximate surface area is 187 Å². The van der Waals surface area contributed by atoms with Gasteiger partial charge in [-0.3, -0.25) is 9.69 Å². The van der Waals surface area contributed by atoms with Gasteiger partial charge in [-0.2, -0.15) is 0 Å². The van der Waals surface area contributed by atoms with Crippen LogP contribution in [-0.4, -0.2) is 49.8 Å². The maximum Gasteiger partial charge on any atom is 0.220 e. The summed E-state index contributed by atoms with van der Waals surface area (Å²) in [7, 11) is 1.65. The summed E-state index contributed by atoms with van der Waals surface area (Å²) in [6, 6.07) is 10.8. The number of hydrogen-bond acceptors (Lipinski definition) is 5. The van der Waals surface area contributed by atoms with Crippen LogP contribution >= 0.6 is 0 Å². The van der Waals surface area contributed by atoms with Crippen LogP contribution in [0.2, 0.25) is 0 Å². The molecule has 2 aromatic rings. The number of nitrogens with zero attached hydrogens (tertiary/aromatic N) is 1. The average molecular weight is 441 g/mol. The molecule has 3 heterocycles. The Bertz CT molecular complexity index is 1010. The third-order valence-corrected chi connectivity index (χ3v) is 6.90. The molecular weight excluding hydrogens is 411 g/mol. The first-order valence-electron chi connectivity index (χ1n) is 11.3. The van der Waals surface area contributed by atoms with Crippen molar-refractivity contribution in [2.75, 3.05) is 33.4 Å². The van der Waals surface area contributed by atoms with Gasteiger partial charge in [-0.1, -0.05) is 24.6 Å². The second kappa shape index (κ2) is 8.62. The van der Waals surface area contributed by atoms with E-state index in [2.05, 4.69) is 10.2 Å². The van der Waals surface area contributed by atoms with E-state index >= 15 is 0 Å². The highest BCUT2D eigenvalue weighted by Crippen LogP contribution is 2.43. The van der Waals surface area contributed by atoms with Gasteiger partial charge in [0.1, 0.15) is 24.8 Å². The maximum absolute atomic E-state index is 14.9. The summed E-state index contributed by atoms with van der Waals surface area (Å²) in [4.78, 5) is 14.8. The zero-order chi connectivity index (χ0) is 22.1. The number of carbonyl (C=O) groups excluding carboxylic acids is 1. The Balaban J connectivity index is 1.47. The Morgan fingerprint density at radius 2 is 1.97 bits per heavy atom. The van der Waals surface area contributed by atoms with E-state index in [0.29, 0.717) is 50.6 Å². The van der Waals surface area contributed by atoms with Crippen LogP contribution in [0.4, 0.5) is 4.39 Å². The van der Waals surface area contributed by atoms with Gasteiger partial charge in [-0.25, -0.2) is 4.39 Å². The van der Waals surface area contributed by atoms with Crippen LogP contribution in [0.25, 0.3) is 0 Å². The van der Waals surface area contributed by atoms with Gasteiger partial charge in [-0.05, 0) is 30.5 Å². The molecular formula is C25H29FN2O4. The number of carbonyl (C=O) groups is 1. The van der Waals surface area contributed by atoms with Crippen molar-refractivity contribution >= 4 is 5.91 Å². The predicted molar refractivity (Wildman–Crippen MR) is 118 cm³/mol. The summed E-state index contributed by atoms with van der Waals surface area (Å²) in [6.45, 7) is 2.97. The smallest absolute Gasteiger partial charge is 0.220 e. The van der Waals surface area contributed by atoms with E-state index in [1.807, 2.05) is 24.3 Å². The summed E-state index contributed by atoms with van der Waals surface area (Å²) in [6.07, 6.45) is 3.19. The van der Waals surface area contributed by atoms with Gasteiger partial charge < -0.3 is 19.5 Å². The van der Waals surface area contributed by atoms with E-state index in [0.717, 1.165) is 36.3 Å². The molecule has 7 heteroatoms. The molecule has 2 fully saturated rings. The SMILES string of the molecule is COc1cc2c(cc1CN1C[C@@H](c3ccccc3F)[C@@]3(CCCCC(=O)N3)C1)OCCO2.